The maximum atomic E-state index is 13.5. The minimum absolute atomic E-state index is 0.0336. The van der Waals surface area contributed by atoms with E-state index in [-0.39, 0.29) is 12.4 Å². The van der Waals surface area contributed by atoms with Crippen molar-refractivity contribution in [3.63, 3.8) is 0 Å². The van der Waals surface area contributed by atoms with Gasteiger partial charge >= 0.3 is 5.97 Å². The van der Waals surface area contributed by atoms with E-state index >= 15 is 0 Å². The van der Waals surface area contributed by atoms with E-state index in [4.69, 9.17) is 15.2 Å². The summed E-state index contributed by atoms with van der Waals surface area (Å²) >= 11 is 0. The molecule has 0 amide bonds. The van der Waals surface area contributed by atoms with E-state index < -0.39 is 11.8 Å². The van der Waals surface area contributed by atoms with Crippen LogP contribution in [0.1, 0.15) is 15.9 Å². The third-order valence-corrected chi connectivity index (χ3v) is 2.77. The average Bonchev–Trinajstić information content (AvgIpc) is 2.45. The number of carbonyl (C=O) groups is 1. The van der Waals surface area contributed by atoms with Crippen molar-refractivity contribution < 1.29 is 18.7 Å². The Labute approximate surface area is 115 Å². The average molecular weight is 275 g/mol. The Morgan fingerprint density at radius 3 is 2.65 bits per heavy atom. The molecule has 0 atom stereocenters. The second kappa shape index (κ2) is 6.06. The summed E-state index contributed by atoms with van der Waals surface area (Å²) in [6, 6.07) is 11.0. The Balaban J connectivity index is 2.04. The van der Waals surface area contributed by atoms with Gasteiger partial charge in [0.05, 0.1) is 12.7 Å². The molecule has 0 saturated carbocycles. The molecule has 0 radical (unpaired) electrons. The van der Waals surface area contributed by atoms with Crippen LogP contribution in [-0.4, -0.2) is 13.1 Å². The molecule has 2 rings (SSSR count). The summed E-state index contributed by atoms with van der Waals surface area (Å²) in [7, 11) is 1.39. The van der Waals surface area contributed by atoms with E-state index in [1.165, 1.54) is 19.2 Å². The Morgan fingerprint density at radius 1 is 1.25 bits per heavy atom. The molecule has 0 aliphatic rings. The molecule has 0 saturated heterocycles. The van der Waals surface area contributed by atoms with Gasteiger partial charge in [0.2, 0.25) is 0 Å². The van der Waals surface area contributed by atoms with E-state index in [9.17, 15) is 9.18 Å². The Bertz CT molecular complexity index is 628. The number of hydrogen-bond acceptors (Lipinski definition) is 4. The van der Waals surface area contributed by atoms with Crippen LogP contribution >= 0.6 is 0 Å². The fourth-order valence-corrected chi connectivity index (χ4v) is 1.71. The third-order valence-electron chi connectivity index (χ3n) is 2.77. The molecule has 2 N–H and O–H groups in total. The molecular weight excluding hydrogens is 261 g/mol. The number of para-hydroxylation sites is 1. The number of esters is 1. The minimum atomic E-state index is -0.542. The fraction of sp³-hybridized carbons (Fsp3) is 0.133. The summed E-state index contributed by atoms with van der Waals surface area (Å²) in [5, 5.41) is 0. The Kier molecular flexibility index (Phi) is 4.20. The van der Waals surface area contributed by atoms with E-state index in [2.05, 4.69) is 0 Å². The SMILES string of the molecule is COc1ccc(COC(=O)c2ccccc2N)cc1F. The van der Waals surface area contributed by atoms with Crippen molar-refractivity contribution >= 4 is 11.7 Å². The van der Waals surface area contributed by atoms with Crippen LogP contribution in [-0.2, 0) is 11.3 Å². The van der Waals surface area contributed by atoms with Gasteiger partial charge in [-0.15, -0.1) is 0 Å². The van der Waals surface area contributed by atoms with Gasteiger partial charge in [-0.05, 0) is 29.8 Å². The summed E-state index contributed by atoms with van der Waals surface area (Å²) in [6.07, 6.45) is 0. The first kappa shape index (κ1) is 13.9. The van der Waals surface area contributed by atoms with Crippen molar-refractivity contribution in [1.82, 2.24) is 0 Å². The van der Waals surface area contributed by atoms with Gasteiger partial charge in [-0.3, -0.25) is 0 Å². The summed E-state index contributed by atoms with van der Waals surface area (Å²) in [6.45, 7) is -0.0336. The number of halogens is 1. The highest BCUT2D eigenvalue weighted by molar-refractivity contribution is 5.94. The molecule has 20 heavy (non-hydrogen) atoms. The van der Waals surface area contributed by atoms with Crippen LogP contribution in [0.2, 0.25) is 0 Å². The molecule has 0 fully saturated rings. The zero-order valence-electron chi connectivity index (χ0n) is 10.9. The summed E-state index contributed by atoms with van der Waals surface area (Å²) in [5.41, 5.74) is 6.85. The molecule has 0 aliphatic carbocycles. The molecule has 0 unspecified atom stereocenters. The quantitative estimate of drug-likeness (QED) is 0.688. The molecule has 2 aromatic carbocycles. The van der Waals surface area contributed by atoms with Crippen molar-refractivity contribution in [2.45, 2.75) is 6.61 Å². The van der Waals surface area contributed by atoms with Crippen LogP contribution in [0, 0.1) is 5.82 Å². The Hall–Kier alpha value is -2.56. The number of methoxy groups -OCH3 is 1. The minimum Gasteiger partial charge on any atom is -0.494 e. The molecule has 0 aromatic heterocycles. The van der Waals surface area contributed by atoms with Gasteiger partial charge in [0.15, 0.2) is 11.6 Å². The number of benzene rings is 2. The van der Waals surface area contributed by atoms with Gasteiger partial charge in [0, 0.05) is 5.69 Å². The van der Waals surface area contributed by atoms with Gasteiger partial charge in [-0.25, -0.2) is 9.18 Å². The van der Waals surface area contributed by atoms with Gasteiger partial charge in [0.25, 0.3) is 0 Å². The predicted molar refractivity (Wildman–Crippen MR) is 72.9 cm³/mol. The van der Waals surface area contributed by atoms with Crippen LogP contribution in [0.25, 0.3) is 0 Å². The lowest BCUT2D eigenvalue weighted by atomic mass is 10.2. The topological polar surface area (TPSA) is 61.5 Å². The molecular formula is C15H14FNO3. The highest BCUT2D eigenvalue weighted by Gasteiger charge is 2.11. The molecule has 0 heterocycles. The van der Waals surface area contributed by atoms with Crippen molar-refractivity contribution in [2.75, 3.05) is 12.8 Å². The van der Waals surface area contributed by atoms with E-state index in [1.807, 2.05) is 0 Å². The summed E-state index contributed by atoms with van der Waals surface area (Å²) in [5.74, 6) is -0.896. The van der Waals surface area contributed by atoms with Crippen LogP contribution < -0.4 is 10.5 Å². The standard InChI is InChI=1S/C15H14FNO3/c1-19-14-7-6-10(8-12(14)16)9-20-15(18)11-4-2-3-5-13(11)17/h2-8H,9,17H2,1H3. The van der Waals surface area contributed by atoms with Crippen molar-refractivity contribution in [3.8, 4) is 5.75 Å². The number of ether oxygens (including phenoxy) is 2. The van der Waals surface area contributed by atoms with E-state index in [0.29, 0.717) is 16.8 Å². The zero-order valence-corrected chi connectivity index (χ0v) is 10.9. The first-order valence-corrected chi connectivity index (χ1v) is 5.96. The molecule has 0 aliphatic heterocycles. The number of carbonyl (C=O) groups excluding carboxylic acids is 1. The number of nitrogens with two attached hydrogens (primary N) is 1. The van der Waals surface area contributed by atoms with Crippen molar-refractivity contribution in [1.29, 1.82) is 0 Å². The summed E-state index contributed by atoms with van der Waals surface area (Å²) in [4.78, 5) is 11.8. The monoisotopic (exact) mass is 275 g/mol. The molecule has 2 aromatic rings. The molecule has 5 heteroatoms. The normalized spacial score (nSPS) is 10.1. The smallest absolute Gasteiger partial charge is 0.340 e. The summed E-state index contributed by atoms with van der Waals surface area (Å²) < 4.78 is 23.4. The van der Waals surface area contributed by atoms with Crippen molar-refractivity contribution in [3.05, 3.63) is 59.4 Å². The van der Waals surface area contributed by atoms with Gasteiger partial charge < -0.3 is 15.2 Å². The lowest BCUT2D eigenvalue weighted by molar-refractivity contribution is 0.0473. The fourth-order valence-electron chi connectivity index (χ4n) is 1.71. The van der Waals surface area contributed by atoms with Gasteiger partial charge in [-0.2, -0.15) is 0 Å². The number of hydrogen-bond donors (Lipinski definition) is 1. The lowest BCUT2D eigenvalue weighted by Crippen LogP contribution is -2.08. The van der Waals surface area contributed by atoms with Crippen LogP contribution in [0.4, 0.5) is 10.1 Å². The zero-order chi connectivity index (χ0) is 14.5. The van der Waals surface area contributed by atoms with Crippen molar-refractivity contribution in [2.24, 2.45) is 0 Å². The highest BCUT2D eigenvalue weighted by atomic mass is 19.1. The lowest BCUT2D eigenvalue weighted by Gasteiger charge is -2.08. The maximum absolute atomic E-state index is 13.5. The van der Waals surface area contributed by atoms with E-state index in [0.717, 1.165) is 0 Å². The first-order valence-electron chi connectivity index (χ1n) is 5.96. The highest BCUT2D eigenvalue weighted by Crippen LogP contribution is 2.19. The predicted octanol–water partition coefficient (Wildman–Crippen LogP) is 2.77. The number of rotatable bonds is 4. The first-order chi connectivity index (χ1) is 9.61. The van der Waals surface area contributed by atoms with E-state index in [1.54, 1.807) is 30.3 Å². The Morgan fingerprint density at radius 2 is 2.00 bits per heavy atom. The second-order valence-electron chi connectivity index (χ2n) is 4.13. The second-order valence-corrected chi connectivity index (χ2v) is 4.13. The largest absolute Gasteiger partial charge is 0.494 e. The molecule has 0 spiro atoms. The number of nitrogen functional groups attached to an aromatic ring is 1. The molecule has 4 nitrogen and oxygen atoms in total. The molecule has 104 valence electrons. The number of anilines is 1. The van der Waals surface area contributed by atoms with Crippen LogP contribution in [0.3, 0.4) is 0 Å². The maximum Gasteiger partial charge on any atom is 0.340 e. The third kappa shape index (κ3) is 3.06. The van der Waals surface area contributed by atoms with Crippen LogP contribution in [0.15, 0.2) is 42.5 Å². The van der Waals surface area contributed by atoms with Crippen LogP contribution in [0.5, 0.6) is 5.75 Å². The molecule has 0 bridgehead atoms. The van der Waals surface area contributed by atoms with Gasteiger partial charge in [-0.1, -0.05) is 18.2 Å². The van der Waals surface area contributed by atoms with Gasteiger partial charge in [0.1, 0.15) is 6.61 Å².